The highest BCUT2D eigenvalue weighted by molar-refractivity contribution is 7.91. The molecule has 13 heavy (non-hydrogen) atoms. The van der Waals surface area contributed by atoms with Gasteiger partial charge < -0.3 is 10.6 Å². The summed E-state index contributed by atoms with van der Waals surface area (Å²) in [6, 6.07) is 0. The van der Waals surface area contributed by atoms with E-state index in [0.29, 0.717) is 6.29 Å². The van der Waals surface area contributed by atoms with Gasteiger partial charge in [0, 0.05) is 26.5 Å². The lowest BCUT2D eigenvalue weighted by molar-refractivity contribution is -0.110. The van der Waals surface area contributed by atoms with Crippen LogP contribution in [0.1, 0.15) is 0 Å². The summed E-state index contributed by atoms with van der Waals surface area (Å²) in [6.45, 7) is 0. The molecule has 0 saturated carbocycles. The zero-order chi connectivity index (χ0) is 10.1. The Labute approximate surface area is 76.7 Å². The molecule has 0 atom stereocenters. The number of carbonyl (C=O) groups is 1. The van der Waals surface area contributed by atoms with Gasteiger partial charge in [-0.15, -0.1) is 0 Å². The zero-order valence-electron chi connectivity index (χ0n) is 7.31. The van der Waals surface area contributed by atoms with Crippen molar-refractivity contribution >= 4 is 16.3 Å². The molecule has 74 valence electrons. The molecule has 1 aliphatic heterocycles. The first kappa shape index (κ1) is 10.0. The number of sulfonamides is 1. The predicted molar refractivity (Wildman–Crippen MR) is 46.8 cm³/mol. The van der Waals surface area contributed by atoms with Crippen LogP contribution in [0.4, 0.5) is 0 Å². The van der Waals surface area contributed by atoms with Gasteiger partial charge >= 0.3 is 0 Å². The summed E-state index contributed by atoms with van der Waals surface area (Å²) in [7, 11) is -0.981. The van der Waals surface area contributed by atoms with Crippen molar-refractivity contribution < 1.29 is 13.2 Å². The van der Waals surface area contributed by atoms with Crippen molar-refractivity contribution in [3.8, 4) is 0 Å². The minimum atomic E-state index is -3.71. The average Bonchev–Trinajstić information content (AvgIpc) is 2.53. The molecule has 1 aliphatic rings. The fourth-order valence-electron chi connectivity index (χ4n) is 0.938. The number of hydrogen-bond acceptors (Lipinski definition) is 5. The Bertz CT molecular complexity index is 325. The molecule has 0 aromatic carbocycles. The van der Waals surface area contributed by atoms with Gasteiger partial charge in [-0.05, 0) is 0 Å². The maximum Gasteiger partial charge on any atom is 0.283 e. The lowest BCUT2D eigenvalue weighted by Gasteiger charge is -2.27. The summed E-state index contributed by atoms with van der Waals surface area (Å²) in [5, 5.41) is 4.90. The molecule has 0 spiro atoms. The van der Waals surface area contributed by atoms with E-state index < -0.39 is 15.0 Å². The van der Waals surface area contributed by atoms with Crippen molar-refractivity contribution in [2.75, 3.05) is 14.1 Å². The molecule has 0 radical (unpaired) electrons. The zero-order valence-corrected chi connectivity index (χ0v) is 8.13. The molecule has 0 amide bonds. The Morgan fingerprint density at radius 2 is 1.77 bits per heavy atom. The number of aldehydes is 1. The molecule has 7 heteroatoms. The van der Waals surface area contributed by atoms with E-state index in [1.165, 1.54) is 26.5 Å². The topological polar surface area (TPSA) is 78.5 Å². The van der Waals surface area contributed by atoms with Gasteiger partial charge in [0.1, 0.15) is 0 Å². The van der Waals surface area contributed by atoms with Crippen molar-refractivity contribution in [2.45, 2.75) is 4.99 Å². The van der Waals surface area contributed by atoms with Crippen molar-refractivity contribution in [1.82, 2.24) is 14.9 Å². The lowest BCUT2D eigenvalue weighted by atomic mass is 10.6. The summed E-state index contributed by atoms with van der Waals surface area (Å²) in [5.74, 6) is 0. The summed E-state index contributed by atoms with van der Waals surface area (Å²) in [6.07, 6.45) is 3.06. The van der Waals surface area contributed by atoms with Crippen LogP contribution in [-0.4, -0.2) is 38.1 Å². The molecule has 0 unspecified atom stereocenters. The van der Waals surface area contributed by atoms with Crippen molar-refractivity contribution in [3.05, 3.63) is 12.4 Å². The van der Waals surface area contributed by atoms with E-state index in [9.17, 15) is 13.2 Å². The lowest BCUT2D eigenvalue weighted by Crippen LogP contribution is -2.60. The number of nitrogens with one attached hydrogen (secondary N) is 2. The molecule has 0 aromatic heterocycles. The van der Waals surface area contributed by atoms with Crippen LogP contribution in [0.5, 0.6) is 0 Å². The minimum absolute atomic E-state index is 0.322. The highest BCUT2D eigenvalue weighted by Crippen LogP contribution is 2.14. The third kappa shape index (κ3) is 1.29. The fourth-order valence-corrected chi connectivity index (χ4v) is 2.07. The van der Waals surface area contributed by atoms with Gasteiger partial charge in [-0.3, -0.25) is 4.79 Å². The number of rotatable bonds is 3. The van der Waals surface area contributed by atoms with E-state index in [-0.39, 0.29) is 0 Å². The molecular formula is C6H11N3O3S. The van der Waals surface area contributed by atoms with Crippen LogP contribution in [0.15, 0.2) is 12.4 Å². The van der Waals surface area contributed by atoms with Gasteiger partial charge in [-0.2, -0.15) is 0 Å². The smallest absolute Gasteiger partial charge is 0.283 e. The standard InChI is InChI=1S/C6H11N3O3S/c1-9(2)13(11,12)6(5-10)7-3-4-8-6/h3-5,7-8H,1-2H3. The average molecular weight is 205 g/mol. The van der Waals surface area contributed by atoms with Crippen LogP contribution >= 0.6 is 0 Å². The molecule has 1 rings (SSSR count). The van der Waals surface area contributed by atoms with Gasteiger partial charge in [0.2, 0.25) is 0 Å². The molecule has 0 fully saturated rings. The SMILES string of the molecule is CN(C)S(=O)(=O)C1(C=O)NC=CN1. The predicted octanol–water partition coefficient (Wildman–Crippen LogP) is -1.61. The van der Waals surface area contributed by atoms with Gasteiger partial charge in [0.15, 0.2) is 6.29 Å². The first-order valence-corrected chi connectivity index (χ1v) is 4.99. The van der Waals surface area contributed by atoms with E-state index >= 15 is 0 Å². The van der Waals surface area contributed by atoms with Crippen molar-refractivity contribution in [1.29, 1.82) is 0 Å². The molecule has 1 heterocycles. The van der Waals surface area contributed by atoms with Crippen LogP contribution in [-0.2, 0) is 14.8 Å². The maximum atomic E-state index is 11.6. The highest BCUT2D eigenvalue weighted by atomic mass is 32.2. The number of nitrogens with zero attached hydrogens (tertiary/aromatic N) is 1. The quantitative estimate of drug-likeness (QED) is 0.542. The molecule has 0 aromatic rings. The first-order chi connectivity index (χ1) is 5.96. The first-order valence-electron chi connectivity index (χ1n) is 3.55. The van der Waals surface area contributed by atoms with E-state index in [4.69, 9.17) is 0 Å². The van der Waals surface area contributed by atoms with Gasteiger partial charge in [0.05, 0.1) is 0 Å². The van der Waals surface area contributed by atoms with Crippen LogP contribution in [0, 0.1) is 0 Å². The van der Waals surface area contributed by atoms with Gasteiger partial charge in [-0.1, -0.05) is 0 Å². The monoisotopic (exact) mass is 205 g/mol. The third-order valence-corrected chi connectivity index (χ3v) is 3.84. The highest BCUT2D eigenvalue weighted by Gasteiger charge is 2.46. The molecule has 2 N–H and O–H groups in total. The van der Waals surface area contributed by atoms with Crippen molar-refractivity contribution in [3.63, 3.8) is 0 Å². The van der Waals surface area contributed by atoms with Crippen LogP contribution in [0.2, 0.25) is 0 Å². The van der Waals surface area contributed by atoms with Crippen LogP contribution < -0.4 is 10.6 Å². The van der Waals surface area contributed by atoms with Gasteiger partial charge in [-0.25, -0.2) is 12.7 Å². The van der Waals surface area contributed by atoms with E-state index in [2.05, 4.69) is 10.6 Å². The Kier molecular flexibility index (Phi) is 2.31. The molecule has 0 aliphatic carbocycles. The summed E-state index contributed by atoms with van der Waals surface area (Å²) >= 11 is 0. The van der Waals surface area contributed by atoms with E-state index in [0.717, 1.165) is 4.31 Å². The second kappa shape index (κ2) is 3.00. The minimum Gasteiger partial charge on any atom is -0.348 e. The van der Waals surface area contributed by atoms with E-state index in [1.807, 2.05) is 0 Å². The number of hydrogen-bond donors (Lipinski definition) is 2. The second-order valence-corrected chi connectivity index (χ2v) is 5.09. The number of carbonyl (C=O) groups excluding carboxylic acids is 1. The largest absolute Gasteiger partial charge is 0.348 e. The summed E-state index contributed by atoms with van der Waals surface area (Å²) < 4.78 is 24.2. The molecular weight excluding hydrogens is 194 g/mol. The summed E-state index contributed by atoms with van der Waals surface area (Å²) in [4.78, 5) is 8.97. The van der Waals surface area contributed by atoms with Crippen molar-refractivity contribution in [2.24, 2.45) is 0 Å². The normalized spacial score (nSPS) is 19.6. The van der Waals surface area contributed by atoms with Crippen LogP contribution in [0.25, 0.3) is 0 Å². The molecule has 0 saturated heterocycles. The Morgan fingerprint density at radius 3 is 2.08 bits per heavy atom. The Hall–Kier alpha value is -1.08. The molecule has 0 bridgehead atoms. The Balaban J connectivity index is 3.10. The second-order valence-electron chi connectivity index (χ2n) is 2.76. The third-order valence-electron chi connectivity index (χ3n) is 1.73. The summed E-state index contributed by atoms with van der Waals surface area (Å²) in [5.41, 5.74) is 0. The Morgan fingerprint density at radius 1 is 1.31 bits per heavy atom. The molecule has 6 nitrogen and oxygen atoms in total. The van der Waals surface area contributed by atoms with Gasteiger partial charge in [0.25, 0.3) is 15.0 Å². The maximum absolute atomic E-state index is 11.6. The van der Waals surface area contributed by atoms with Crippen LogP contribution in [0.3, 0.4) is 0 Å². The fraction of sp³-hybridized carbons (Fsp3) is 0.500. The van der Waals surface area contributed by atoms with E-state index in [1.54, 1.807) is 0 Å².